The summed E-state index contributed by atoms with van der Waals surface area (Å²) in [5.74, 6) is -0.383. The molecule has 0 radical (unpaired) electrons. The lowest BCUT2D eigenvalue weighted by atomic mass is 9.89. The molecule has 1 aromatic rings. The van der Waals surface area contributed by atoms with Gasteiger partial charge in [-0.05, 0) is 25.8 Å². The molecule has 3 heteroatoms. The summed E-state index contributed by atoms with van der Waals surface area (Å²) in [5.41, 5.74) is 6.54. The fourth-order valence-electron chi connectivity index (χ4n) is 2.03. The highest BCUT2D eigenvalue weighted by atomic mass is 19.1. The highest BCUT2D eigenvalue weighted by molar-refractivity contribution is 5.43. The Kier molecular flexibility index (Phi) is 2.00. The summed E-state index contributed by atoms with van der Waals surface area (Å²) in [6.07, 6.45) is 1.95. The van der Waals surface area contributed by atoms with Crippen LogP contribution in [-0.4, -0.2) is 11.1 Å². The SMILES string of the molecule is CC(N)C1(c2ccc(F)cc2O)CC1. The summed E-state index contributed by atoms with van der Waals surface area (Å²) in [6, 6.07) is 4.16. The Morgan fingerprint density at radius 1 is 1.50 bits per heavy atom. The molecule has 0 bridgehead atoms. The molecule has 1 aliphatic carbocycles. The molecule has 0 amide bonds. The Bertz CT molecular complexity index is 358. The topological polar surface area (TPSA) is 46.2 Å². The first-order chi connectivity index (χ1) is 6.56. The molecular weight excluding hydrogens is 181 g/mol. The Balaban J connectivity index is 2.42. The molecule has 3 N–H and O–H groups in total. The Hall–Kier alpha value is -1.09. The van der Waals surface area contributed by atoms with E-state index in [0.717, 1.165) is 24.5 Å². The molecule has 1 aromatic carbocycles. The van der Waals surface area contributed by atoms with Crippen LogP contribution in [0.3, 0.4) is 0 Å². The average Bonchev–Trinajstić information content (AvgIpc) is 2.84. The Morgan fingerprint density at radius 3 is 2.57 bits per heavy atom. The maximum Gasteiger partial charge on any atom is 0.126 e. The average molecular weight is 195 g/mol. The largest absolute Gasteiger partial charge is 0.508 e. The van der Waals surface area contributed by atoms with Crippen LogP contribution < -0.4 is 5.73 Å². The van der Waals surface area contributed by atoms with Crippen LogP contribution in [0.15, 0.2) is 18.2 Å². The highest BCUT2D eigenvalue weighted by Crippen LogP contribution is 2.52. The first-order valence-electron chi connectivity index (χ1n) is 4.81. The number of hydrogen-bond acceptors (Lipinski definition) is 2. The number of phenols is 1. The minimum Gasteiger partial charge on any atom is -0.508 e. The summed E-state index contributed by atoms with van der Waals surface area (Å²) in [4.78, 5) is 0. The molecule has 0 spiro atoms. The second-order valence-electron chi connectivity index (χ2n) is 4.11. The molecule has 2 rings (SSSR count). The van der Waals surface area contributed by atoms with Crippen molar-refractivity contribution < 1.29 is 9.50 Å². The molecule has 0 heterocycles. The van der Waals surface area contributed by atoms with Crippen molar-refractivity contribution in [2.45, 2.75) is 31.2 Å². The van der Waals surface area contributed by atoms with Crippen LogP contribution in [0.1, 0.15) is 25.3 Å². The van der Waals surface area contributed by atoms with Crippen molar-refractivity contribution in [3.8, 4) is 5.75 Å². The van der Waals surface area contributed by atoms with Gasteiger partial charge in [0.2, 0.25) is 0 Å². The van der Waals surface area contributed by atoms with E-state index in [4.69, 9.17) is 5.73 Å². The van der Waals surface area contributed by atoms with E-state index < -0.39 is 5.82 Å². The number of halogens is 1. The molecule has 2 nitrogen and oxygen atoms in total. The zero-order valence-corrected chi connectivity index (χ0v) is 8.13. The van der Waals surface area contributed by atoms with Gasteiger partial charge in [-0.1, -0.05) is 6.07 Å². The Labute approximate surface area is 82.5 Å². The normalized spacial score (nSPS) is 20.5. The van der Waals surface area contributed by atoms with Gasteiger partial charge in [-0.3, -0.25) is 0 Å². The van der Waals surface area contributed by atoms with E-state index >= 15 is 0 Å². The highest BCUT2D eigenvalue weighted by Gasteiger charge is 2.48. The molecule has 1 fully saturated rings. The van der Waals surface area contributed by atoms with Crippen LogP contribution in [0.25, 0.3) is 0 Å². The van der Waals surface area contributed by atoms with Gasteiger partial charge in [0, 0.05) is 23.1 Å². The van der Waals surface area contributed by atoms with Crippen LogP contribution in [0, 0.1) is 5.82 Å². The number of nitrogens with two attached hydrogens (primary N) is 1. The minimum atomic E-state index is -0.410. The molecule has 76 valence electrons. The summed E-state index contributed by atoms with van der Waals surface area (Å²) >= 11 is 0. The van der Waals surface area contributed by atoms with Crippen LogP contribution in [0.5, 0.6) is 5.75 Å². The van der Waals surface area contributed by atoms with E-state index in [0.29, 0.717) is 0 Å². The summed E-state index contributed by atoms with van der Waals surface area (Å²) in [5, 5.41) is 9.62. The standard InChI is InChI=1S/C11H14FNO/c1-7(13)11(4-5-11)9-3-2-8(12)6-10(9)14/h2-3,6-7,14H,4-5,13H2,1H3. The van der Waals surface area contributed by atoms with Gasteiger partial charge in [-0.25, -0.2) is 4.39 Å². The van der Waals surface area contributed by atoms with Crippen LogP contribution >= 0.6 is 0 Å². The number of hydrogen-bond donors (Lipinski definition) is 2. The van der Waals surface area contributed by atoms with Gasteiger partial charge in [0.25, 0.3) is 0 Å². The van der Waals surface area contributed by atoms with Gasteiger partial charge in [0.1, 0.15) is 11.6 Å². The van der Waals surface area contributed by atoms with Gasteiger partial charge in [0.15, 0.2) is 0 Å². The van der Waals surface area contributed by atoms with Crippen molar-refractivity contribution in [1.82, 2.24) is 0 Å². The molecule has 0 saturated heterocycles. The van der Waals surface area contributed by atoms with Crippen molar-refractivity contribution in [2.75, 3.05) is 0 Å². The monoisotopic (exact) mass is 195 g/mol. The maximum absolute atomic E-state index is 12.8. The zero-order valence-electron chi connectivity index (χ0n) is 8.13. The molecule has 14 heavy (non-hydrogen) atoms. The van der Waals surface area contributed by atoms with Gasteiger partial charge >= 0.3 is 0 Å². The fraction of sp³-hybridized carbons (Fsp3) is 0.455. The second kappa shape index (κ2) is 2.95. The Morgan fingerprint density at radius 2 is 2.14 bits per heavy atom. The van der Waals surface area contributed by atoms with E-state index in [9.17, 15) is 9.50 Å². The number of aromatic hydroxyl groups is 1. The smallest absolute Gasteiger partial charge is 0.126 e. The third-order valence-electron chi connectivity index (χ3n) is 3.16. The quantitative estimate of drug-likeness (QED) is 0.757. The lowest BCUT2D eigenvalue weighted by Crippen LogP contribution is -2.31. The lowest BCUT2D eigenvalue weighted by molar-refractivity contribution is 0.441. The second-order valence-corrected chi connectivity index (χ2v) is 4.11. The van der Waals surface area contributed by atoms with E-state index in [1.54, 1.807) is 6.07 Å². The van der Waals surface area contributed by atoms with Crippen molar-refractivity contribution in [1.29, 1.82) is 0 Å². The minimum absolute atomic E-state index is 0.00105. The predicted molar refractivity (Wildman–Crippen MR) is 52.6 cm³/mol. The zero-order chi connectivity index (χ0) is 10.3. The third kappa shape index (κ3) is 1.28. The predicted octanol–water partition coefficient (Wildman–Crippen LogP) is 1.91. The summed E-state index contributed by atoms with van der Waals surface area (Å²) < 4.78 is 12.8. The maximum atomic E-state index is 12.8. The van der Waals surface area contributed by atoms with Crippen LogP contribution in [-0.2, 0) is 5.41 Å². The van der Waals surface area contributed by atoms with Crippen molar-refractivity contribution in [2.24, 2.45) is 5.73 Å². The molecule has 1 saturated carbocycles. The van der Waals surface area contributed by atoms with Crippen LogP contribution in [0.2, 0.25) is 0 Å². The molecule has 0 aliphatic heterocycles. The van der Waals surface area contributed by atoms with E-state index in [2.05, 4.69) is 0 Å². The number of benzene rings is 1. The lowest BCUT2D eigenvalue weighted by Gasteiger charge is -2.20. The fourth-order valence-corrected chi connectivity index (χ4v) is 2.03. The molecule has 0 aromatic heterocycles. The molecule has 1 aliphatic rings. The molecular formula is C11H14FNO. The van der Waals surface area contributed by atoms with E-state index in [1.807, 2.05) is 6.92 Å². The summed E-state index contributed by atoms with van der Waals surface area (Å²) in [7, 11) is 0. The first-order valence-corrected chi connectivity index (χ1v) is 4.81. The van der Waals surface area contributed by atoms with Gasteiger partial charge in [-0.15, -0.1) is 0 Å². The van der Waals surface area contributed by atoms with E-state index in [1.165, 1.54) is 6.07 Å². The number of rotatable bonds is 2. The summed E-state index contributed by atoms with van der Waals surface area (Å²) in [6.45, 7) is 1.93. The van der Waals surface area contributed by atoms with Crippen molar-refractivity contribution >= 4 is 0 Å². The van der Waals surface area contributed by atoms with Crippen molar-refractivity contribution in [3.05, 3.63) is 29.6 Å². The van der Waals surface area contributed by atoms with E-state index in [-0.39, 0.29) is 17.2 Å². The van der Waals surface area contributed by atoms with Gasteiger partial charge in [-0.2, -0.15) is 0 Å². The number of phenolic OH excluding ortho intramolecular Hbond substituents is 1. The van der Waals surface area contributed by atoms with Gasteiger partial charge < -0.3 is 10.8 Å². The van der Waals surface area contributed by atoms with Gasteiger partial charge in [0.05, 0.1) is 0 Å². The molecule has 1 unspecified atom stereocenters. The third-order valence-corrected chi connectivity index (χ3v) is 3.16. The van der Waals surface area contributed by atoms with Crippen LogP contribution in [0.4, 0.5) is 4.39 Å². The molecule has 1 atom stereocenters. The van der Waals surface area contributed by atoms with Crippen molar-refractivity contribution in [3.63, 3.8) is 0 Å². The first kappa shape index (κ1) is 9.46.